The highest BCUT2D eigenvalue weighted by Crippen LogP contribution is 2.28. The molecule has 1 saturated heterocycles. The van der Waals surface area contributed by atoms with Crippen LogP contribution in [0.25, 0.3) is 0 Å². The molecule has 0 spiro atoms. The van der Waals surface area contributed by atoms with E-state index in [9.17, 15) is 0 Å². The summed E-state index contributed by atoms with van der Waals surface area (Å²) in [5.74, 6) is 0. The second kappa shape index (κ2) is 6.87. The molecule has 4 heteroatoms. The second-order valence-electron chi connectivity index (χ2n) is 7.05. The van der Waals surface area contributed by atoms with Crippen LogP contribution in [-0.2, 0) is 6.54 Å². The predicted molar refractivity (Wildman–Crippen MR) is 92.2 cm³/mol. The van der Waals surface area contributed by atoms with Gasteiger partial charge in [0.1, 0.15) is 0 Å². The lowest BCUT2D eigenvalue weighted by Crippen LogP contribution is -2.59. The normalized spacial score (nSPS) is 24.3. The van der Waals surface area contributed by atoms with Crippen molar-refractivity contribution in [2.75, 3.05) is 13.1 Å². The summed E-state index contributed by atoms with van der Waals surface area (Å²) in [7, 11) is 0. The van der Waals surface area contributed by atoms with Gasteiger partial charge >= 0.3 is 0 Å². The van der Waals surface area contributed by atoms with Crippen molar-refractivity contribution in [2.24, 2.45) is 5.41 Å². The first-order valence-electron chi connectivity index (χ1n) is 7.72. The molecule has 0 bridgehead atoms. The Hall–Kier alpha value is -0.280. The average molecular weight is 329 g/mol. The standard InChI is InChI=1S/C17H26Cl2N2/c1-5-14-9-20-16(17(2,3)4)11-21(14)10-12-6-7-13(18)8-15(12)19/h6-8,14,16,20H,5,9-11H2,1-4H3. The van der Waals surface area contributed by atoms with Crippen LogP contribution in [0.5, 0.6) is 0 Å². The molecule has 1 aliphatic rings. The lowest BCUT2D eigenvalue weighted by atomic mass is 9.84. The third kappa shape index (κ3) is 4.35. The van der Waals surface area contributed by atoms with Gasteiger partial charge in [-0.3, -0.25) is 4.90 Å². The number of rotatable bonds is 3. The molecular weight excluding hydrogens is 303 g/mol. The molecule has 0 aromatic heterocycles. The summed E-state index contributed by atoms with van der Waals surface area (Å²) in [6, 6.07) is 6.88. The Balaban J connectivity index is 2.14. The number of piperazine rings is 1. The van der Waals surface area contributed by atoms with Gasteiger partial charge in [0.2, 0.25) is 0 Å². The van der Waals surface area contributed by atoms with Gasteiger partial charge in [0, 0.05) is 41.8 Å². The summed E-state index contributed by atoms with van der Waals surface area (Å²) in [5.41, 5.74) is 1.43. The van der Waals surface area contributed by atoms with Crippen LogP contribution in [0.3, 0.4) is 0 Å². The van der Waals surface area contributed by atoms with Gasteiger partial charge < -0.3 is 5.32 Å². The van der Waals surface area contributed by atoms with Crippen LogP contribution in [-0.4, -0.2) is 30.1 Å². The van der Waals surface area contributed by atoms with Gasteiger partial charge in [0.05, 0.1) is 0 Å². The smallest absolute Gasteiger partial charge is 0.0465 e. The number of nitrogens with one attached hydrogen (secondary N) is 1. The molecule has 21 heavy (non-hydrogen) atoms. The van der Waals surface area contributed by atoms with Crippen LogP contribution in [0.1, 0.15) is 39.7 Å². The monoisotopic (exact) mass is 328 g/mol. The maximum Gasteiger partial charge on any atom is 0.0465 e. The lowest BCUT2D eigenvalue weighted by Gasteiger charge is -2.45. The van der Waals surface area contributed by atoms with Crippen molar-refractivity contribution in [3.63, 3.8) is 0 Å². The van der Waals surface area contributed by atoms with E-state index in [1.54, 1.807) is 0 Å². The number of hydrogen-bond acceptors (Lipinski definition) is 2. The van der Waals surface area contributed by atoms with E-state index >= 15 is 0 Å². The summed E-state index contributed by atoms with van der Waals surface area (Å²) in [6.45, 7) is 12.1. The average Bonchev–Trinajstić information content (AvgIpc) is 2.41. The first-order valence-corrected chi connectivity index (χ1v) is 8.48. The van der Waals surface area contributed by atoms with Gasteiger partial charge in [0.15, 0.2) is 0 Å². The van der Waals surface area contributed by atoms with Crippen LogP contribution < -0.4 is 5.32 Å². The Morgan fingerprint density at radius 2 is 2.00 bits per heavy atom. The number of benzene rings is 1. The molecule has 1 fully saturated rings. The van der Waals surface area contributed by atoms with E-state index in [0.29, 0.717) is 17.1 Å². The van der Waals surface area contributed by atoms with Crippen molar-refractivity contribution in [1.82, 2.24) is 10.2 Å². The molecular formula is C17H26Cl2N2. The van der Waals surface area contributed by atoms with E-state index in [-0.39, 0.29) is 5.41 Å². The molecule has 1 heterocycles. The maximum atomic E-state index is 6.34. The van der Waals surface area contributed by atoms with Gasteiger partial charge in [-0.2, -0.15) is 0 Å². The quantitative estimate of drug-likeness (QED) is 0.872. The topological polar surface area (TPSA) is 15.3 Å². The zero-order valence-electron chi connectivity index (χ0n) is 13.4. The highest BCUT2D eigenvalue weighted by Gasteiger charge is 2.33. The third-order valence-electron chi connectivity index (χ3n) is 4.44. The Labute approximate surface area is 138 Å². The van der Waals surface area contributed by atoms with Crippen LogP contribution in [0, 0.1) is 5.41 Å². The highest BCUT2D eigenvalue weighted by atomic mass is 35.5. The minimum absolute atomic E-state index is 0.265. The third-order valence-corrected chi connectivity index (χ3v) is 5.03. The van der Waals surface area contributed by atoms with Crippen molar-refractivity contribution in [3.05, 3.63) is 33.8 Å². The molecule has 2 nitrogen and oxygen atoms in total. The molecule has 1 aromatic carbocycles. The van der Waals surface area contributed by atoms with Crippen molar-refractivity contribution in [2.45, 2.75) is 52.7 Å². The van der Waals surface area contributed by atoms with Gasteiger partial charge in [-0.05, 0) is 29.5 Å². The molecule has 118 valence electrons. The molecule has 2 atom stereocenters. The summed E-state index contributed by atoms with van der Waals surface area (Å²) in [5, 5.41) is 5.17. The molecule has 1 N–H and O–H groups in total. The van der Waals surface area contributed by atoms with E-state index in [1.807, 2.05) is 18.2 Å². The molecule has 0 saturated carbocycles. The zero-order chi connectivity index (χ0) is 15.6. The Bertz CT molecular complexity index is 482. The fourth-order valence-electron chi connectivity index (χ4n) is 2.90. The molecule has 2 unspecified atom stereocenters. The Kier molecular flexibility index (Phi) is 5.59. The minimum atomic E-state index is 0.265. The van der Waals surface area contributed by atoms with E-state index in [4.69, 9.17) is 23.2 Å². The van der Waals surface area contributed by atoms with Crippen molar-refractivity contribution >= 4 is 23.2 Å². The van der Waals surface area contributed by atoms with Crippen LogP contribution in [0.15, 0.2) is 18.2 Å². The van der Waals surface area contributed by atoms with Crippen LogP contribution in [0.4, 0.5) is 0 Å². The van der Waals surface area contributed by atoms with Gasteiger partial charge in [-0.1, -0.05) is 57.0 Å². The largest absolute Gasteiger partial charge is 0.311 e. The Morgan fingerprint density at radius 1 is 1.29 bits per heavy atom. The first-order chi connectivity index (χ1) is 9.81. The van der Waals surface area contributed by atoms with Crippen molar-refractivity contribution in [1.29, 1.82) is 0 Å². The van der Waals surface area contributed by atoms with Crippen LogP contribution >= 0.6 is 23.2 Å². The number of nitrogens with zero attached hydrogens (tertiary/aromatic N) is 1. The first kappa shape index (κ1) is 17.1. The molecule has 2 rings (SSSR count). The number of halogens is 2. The maximum absolute atomic E-state index is 6.34. The fraction of sp³-hybridized carbons (Fsp3) is 0.647. The second-order valence-corrected chi connectivity index (χ2v) is 7.90. The SMILES string of the molecule is CCC1CNC(C(C)(C)C)CN1Cc1ccc(Cl)cc1Cl. The highest BCUT2D eigenvalue weighted by molar-refractivity contribution is 6.35. The number of hydrogen-bond donors (Lipinski definition) is 1. The minimum Gasteiger partial charge on any atom is -0.311 e. The predicted octanol–water partition coefficient (Wildman–Crippen LogP) is 4.59. The summed E-state index contributed by atoms with van der Waals surface area (Å²) >= 11 is 12.3. The van der Waals surface area contributed by atoms with Crippen molar-refractivity contribution < 1.29 is 0 Å². The molecule has 0 aliphatic carbocycles. The molecule has 1 aliphatic heterocycles. The summed E-state index contributed by atoms with van der Waals surface area (Å²) < 4.78 is 0. The van der Waals surface area contributed by atoms with Gasteiger partial charge in [-0.15, -0.1) is 0 Å². The summed E-state index contributed by atoms with van der Waals surface area (Å²) in [6.07, 6.45) is 1.15. The van der Waals surface area contributed by atoms with E-state index in [2.05, 4.69) is 37.9 Å². The van der Waals surface area contributed by atoms with E-state index in [0.717, 1.165) is 36.6 Å². The molecule has 1 aromatic rings. The zero-order valence-corrected chi connectivity index (χ0v) is 14.9. The van der Waals surface area contributed by atoms with Gasteiger partial charge in [-0.25, -0.2) is 0 Å². The fourth-order valence-corrected chi connectivity index (χ4v) is 3.37. The summed E-state index contributed by atoms with van der Waals surface area (Å²) in [4.78, 5) is 2.56. The van der Waals surface area contributed by atoms with Crippen molar-refractivity contribution in [3.8, 4) is 0 Å². The van der Waals surface area contributed by atoms with Gasteiger partial charge in [0.25, 0.3) is 0 Å². The lowest BCUT2D eigenvalue weighted by molar-refractivity contribution is 0.0775. The molecule has 0 amide bonds. The molecule has 0 radical (unpaired) electrons. The Morgan fingerprint density at radius 3 is 2.57 bits per heavy atom. The van der Waals surface area contributed by atoms with E-state index in [1.165, 1.54) is 0 Å². The van der Waals surface area contributed by atoms with E-state index < -0.39 is 0 Å². The van der Waals surface area contributed by atoms with Crippen LogP contribution in [0.2, 0.25) is 10.0 Å².